The van der Waals surface area contributed by atoms with Gasteiger partial charge in [-0.05, 0) is 12.1 Å². The Labute approximate surface area is 87.6 Å². The summed E-state index contributed by atoms with van der Waals surface area (Å²) in [6.45, 7) is 0.502. The van der Waals surface area contributed by atoms with E-state index in [0.29, 0.717) is 30.0 Å². The average Bonchev–Trinajstić information content (AvgIpc) is 2.12. The first-order valence-corrected chi connectivity index (χ1v) is 4.16. The summed E-state index contributed by atoms with van der Waals surface area (Å²) in [5, 5.41) is 0. The minimum atomic E-state index is -0.337. The number of ether oxygens (including phenoxy) is 1. The Hall–Kier alpha value is -1.00. The van der Waals surface area contributed by atoms with Gasteiger partial charge in [-0.25, -0.2) is 4.39 Å². The van der Waals surface area contributed by atoms with E-state index < -0.39 is 0 Å². The van der Waals surface area contributed by atoms with Gasteiger partial charge in [-0.3, -0.25) is 0 Å². The Kier molecular flexibility index (Phi) is 3.18. The van der Waals surface area contributed by atoms with Gasteiger partial charge in [-0.1, -0.05) is 0 Å². The fourth-order valence-corrected chi connectivity index (χ4v) is 1.53. The summed E-state index contributed by atoms with van der Waals surface area (Å²) < 4.78 is 18.5. The number of nitrogen functional groups attached to an aromatic ring is 1. The van der Waals surface area contributed by atoms with Gasteiger partial charge in [0.15, 0.2) is 0 Å². The van der Waals surface area contributed by atoms with Crippen molar-refractivity contribution in [3.8, 4) is 5.75 Å². The highest BCUT2D eigenvalue weighted by Gasteiger charge is 2.23. The van der Waals surface area contributed by atoms with Gasteiger partial charge < -0.3 is 16.2 Å². The van der Waals surface area contributed by atoms with Gasteiger partial charge in [0.1, 0.15) is 11.6 Å². The molecule has 0 aliphatic carbocycles. The number of nitrogens with two attached hydrogens (primary N) is 2. The van der Waals surface area contributed by atoms with Gasteiger partial charge in [0.05, 0.1) is 12.3 Å². The highest BCUT2D eigenvalue weighted by Crippen LogP contribution is 2.36. The summed E-state index contributed by atoms with van der Waals surface area (Å²) in [7, 11) is 0. The van der Waals surface area contributed by atoms with E-state index in [1.807, 2.05) is 0 Å². The van der Waals surface area contributed by atoms with Crippen LogP contribution in [0.25, 0.3) is 0 Å². The molecule has 2 rings (SSSR count). The molecule has 0 saturated carbocycles. The van der Waals surface area contributed by atoms with E-state index in [2.05, 4.69) is 0 Å². The second-order valence-corrected chi connectivity index (χ2v) is 3.12. The van der Waals surface area contributed by atoms with Crippen LogP contribution in [-0.2, 0) is 0 Å². The molecule has 3 nitrogen and oxygen atoms in total. The summed E-state index contributed by atoms with van der Waals surface area (Å²) in [5.41, 5.74) is 12.2. The highest BCUT2D eigenvalue weighted by molar-refractivity contribution is 5.85. The van der Waals surface area contributed by atoms with E-state index >= 15 is 0 Å². The van der Waals surface area contributed by atoms with Gasteiger partial charge >= 0.3 is 0 Å². The summed E-state index contributed by atoms with van der Waals surface area (Å²) in [6.07, 6.45) is 0.632. The van der Waals surface area contributed by atoms with Crippen LogP contribution in [0.2, 0.25) is 0 Å². The van der Waals surface area contributed by atoms with Crippen molar-refractivity contribution < 1.29 is 9.13 Å². The fourth-order valence-electron chi connectivity index (χ4n) is 1.53. The van der Waals surface area contributed by atoms with Crippen molar-refractivity contribution in [1.29, 1.82) is 0 Å². The standard InChI is InChI=1S/C9H11FN2O.ClH/c10-5-1-2-7(12)9-8(5)6(11)3-4-13-9;/h1-2,6H,3-4,11-12H2;1H/t6-;/m1./s1. The van der Waals surface area contributed by atoms with Crippen LogP contribution in [0.3, 0.4) is 0 Å². The molecule has 0 aromatic heterocycles. The van der Waals surface area contributed by atoms with Gasteiger partial charge in [-0.15, -0.1) is 12.4 Å². The number of fused-ring (bicyclic) bond motifs is 1. The van der Waals surface area contributed by atoms with Gasteiger partial charge in [0, 0.05) is 18.0 Å². The van der Waals surface area contributed by atoms with Crippen LogP contribution >= 0.6 is 12.4 Å². The lowest BCUT2D eigenvalue weighted by molar-refractivity contribution is 0.265. The molecule has 78 valence electrons. The summed E-state index contributed by atoms with van der Waals surface area (Å²) in [5.74, 6) is 0.0788. The monoisotopic (exact) mass is 218 g/mol. The predicted molar refractivity (Wildman–Crippen MR) is 55.1 cm³/mol. The molecule has 0 radical (unpaired) electrons. The average molecular weight is 219 g/mol. The first kappa shape index (κ1) is 11.1. The van der Waals surface area contributed by atoms with E-state index in [9.17, 15) is 4.39 Å². The fraction of sp³-hybridized carbons (Fsp3) is 0.333. The Morgan fingerprint density at radius 2 is 2.14 bits per heavy atom. The first-order valence-electron chi connectivity index (χ1n) is 4.16. The third kappa shape index (κ3) is 1.63. The van der Waals surface area contributed by atoms with E-state index in [1.54, 1.807) is 0 Å². The van der Waals surface area contributed by atoms with Crippen molar-refractivity contribution in [2.45, 2.75) is 12.5 Å². The molecule has 1 aromatic rings. The quantitative estimate of drug-likeness (QED) is 0.651. The smallest absolute Gasteiger partial charge is 0.149 e. The second kappa shape index (κ2) is 4.02. The van der Waals surface area contributed by atoms with Crippen LogP contribution in [0.5, 0.6) is 5.75 Å². The largest absolute Gasteiger partial charge is 0.491 e. The Bertz CT molecular complexity index is 346. The zero-order valence-electron chi connectivity index (χ0n) is 7.50. The Morgan fingerprint density at radius 3 is 2.79 bits per heavy atom. The SMILES string of the molecule is Cl.Nc1ccc(F)c2c1OCC[C@H]2N. The van der Waals surface area contributed by atoms with Crippen LogP contribution in [0, 0.1) is 5.82 Å². The number of hydrogen-bond acceptors (Lipinski definition) is 3. The van der Waals surface area contributed by atoms with Gasteiger partial charge in [0.25, 0.3) is 0 Å². The highest BCUT2D eigenvalue weighted by atomic mass is 35.5. The van der Waals surface area contributed by atoms with Crippen LogP contribution in [0.1, 0.15) is 18.0 Å². The lowest BCUT2D eigenvalue weighted by Crippen LogP contribution is -2.22. The molecule has 1 atom stereocenters. The van der Waals surface area contributed by atoms with Crippen LogP contribution in [0.15, 0.2) is 12.1 Å². The third-order valence-electron chi connectivity index (χ3n) is 2.22. The maximum Gasteiger partial charge on any atom is 0.149 e. The molecule has 0 spiro atoms. The van der Waals surface area contributed by atoms with E-state index in [0.717, 1.165) is 0 Å². The van der Waals surface area contributed by atoms with Crippen molar-refractivity contribution in [1.82, 2.24) is 0 Å². The second-order valence-electron chi connectivity index (χ2n) is 3.12. The predicted octanol–water partition coefficient (Wildman–Crippen LogP) is 1.61. The maximum atomic E-state index is 13.3. The molecule has 5 heteroatoms. The normalized spacial score (nSPS) is 19.1. The lowest BCUT2D eigenvalue weighted by atomic mass is 10.00. The molecular weight excluding hydrogens is 207 g/mol. The molecule has 1 aliphatic rings. The van der Waals surface area contributed by atoms with Crippen LogP contribution < -0.4 is 16.2 Å². The molecule has 0 saturated heterocycles. The van der Waals surface area contributed by atoms with E-state index in [-0.39, 0.29) is 24.3 Å². The minimum absolute atomic E-state index is 0. The third-order valence-corrected chi connectivity index (χ3v) is 2.22. The maximum absolute atomic E-state index is 13.3. The van der Waals surface area contributed by atoms with Gasteiger partial charge in [-0.2, -0.15) is 0 Å². The molecule has 0 bridgehead atoms. The van der Waals surface area contributed by atoms with Crippen molar-refractivity contribution in [3.05, 3.63) is 23.5 Å². The van der Waals surface area contributed by atoms with Gasteiger partial charge in [0.2, 0.25) is 0 Å². The summed E-state index contributed by atoms with van der Waals surface area (Å²) in [6, 6.07) is 2.52. The van der Waals surface area contributed by atoms with Crippen molar-refractivity contribution in [2.75, 3.05) is 12.3 Å². The number of halogens is 2. The van der Waals surface area contributed by atoms with Crippen molar-refractivity contribution >= 4 is 18.1 Å². The lowest BCUT2D eigenvalue weighted by Gasteiger charge is -2.24. The molecule has 4 N–H and O–H groups in total. The van der Waals surface area contributed by atoms with Crippen molar-refractivity contribution in [3.63, 3.8) is 0 Å². The molecule has 1 heterocycles. The molecule has 14 heavy (non-hydrogen) atoms. The van der Waals surface area contributed by atoms with Crippen LogP contribution in [0.4, 0.5) is 10.1 Å². The Morgan fingerprint density at radius 1 is 1.43 bits per heavy atom. The number of hydrogen-bond donors (Lipinski definition) is 2. The molecule has 0 amide bonds. The number of rotatable bonds is 0. The molecular formula is C9H12ClFN2O. The summed E-state index contributed by atoms with van der Waals surface area (Å²) >= 11 is 0. The zero-order valence-corrected chi connectivity index (χ0v) is 8.31. The topological polar surface area (TPSA) is 61.3 Å². The van der Waals surface area contributed by atoms with E-state index in [4.69, 9.17) is 16.2 Å². The Balaban J connectivity index is 0.000000980. The summed E-state index contributed by atoms with van der Waals surface area (Å²) in [4.78, 5) is 0. The van der Waals surface area contributed by atoms with Crippen LogP contribution in [-0.4, -0.2) is 6.61 Å². The minimum Gasteiger partial charge on any atom is -0.491 e. The van der Waals surface area contributed by atoms with Crippen molar-refractivity contribution in [2.24, 2.45) is 5.73 Å². The molecule has 1 aromatic carbocycles. The van der Waals surface area contributed by atoms with E-state index in [1.165, 1.54) is 12.1 Å². The molecule has 0 unspecified atom stereocenters. The zero-order chi connectivity index (χ0) is 9.42. The first-order chi connectivity index (χ1) is 6.20. The molecule has 1 aliphatic heterocycles. The number of anilines is 1. The molecule has 0 fully saturated rings. The number of benzene rings is 1.